The zero-order chi connectivity index (χ0) is 25.2. The largest absolute Gasteiger partial charge is 0.493 e. The van der Waals surface area contributed by atoms with Crippen LogP contribution >= 0.6 is 0 Å². The summed E-state index contributed by atoms with van der Waals surface area (Å²) in [6.07, 6.45) is 5.33. The molecule has 1 saturated carbocycles. The maximum Gasteiger partial charge on any atom is 0.306 e. The van der Waals surface area contributed by atoms with Crippen LogP contribution in [0.3, 0.4) is 0 Å². The van der Waals surface area contributed by atoms with Gasteiger partial charge < -0.3 is 9.84 Å². The second-order valence-electron chi connectivity index (χ2n) is 9.75. The Hall–Kier alpha value is -2.90. The van der Waals surface area contributed by atoms with Crippen LogP contribution in [0, 0.1) is 11.8 Å². The lowest BCUT2D eigenvalue weighted by molar-refractivity contribution is -0.141. The van der Waals surface area contributed by atoms with Gasteiger partial charge in [0.2, 0.25) is 10.0 Å². The molecule has 1 unspecified atom stereocenters. The van der Waals surface area contributed by atoms with Crippen LogP contribution in [0.4, 0.5) is 0 Å². The highest BCUT2D eigenvalue weighted by Crippen LogP contribution is 2.35. The van der Waals surface area contributed by atoms with Crippen LogP contribution in [0.25, 0.3) is 21.9 Å². The summed E-state index contributed by atoms with van der Waals surface area (Å²) in [5, 5.41) is 11.1. The van der Waals surface area contributed by atoms with E-state index in [-0.39, 0.29) is 4.90 Å². The molecule has 1 aliphatic rings. The molecule has 1 atom stereocenters. The fraction of sp³-hybridized carbons (Fsp3) is 0.393. The Morgan fingerprint density at radius 1 is 1.03 bits per heavy atom. The summed E-state index contributed by atoms with van der Waals surface area (Å²) < 4.78 is 32.6. The van der Waals surface area contributed by atoms with Crippen molar-refractivity contribution in [3.8, 4) is 16.9 Å². The molecule has 1 N–H and O–H groups in total. The highest BCUT2D eigenvalue weighted by Gasteiger charge is 2.20. The Bertz CT molecular complexity index is 1330. The van der Waals surface area contributed by atoms with E-state index in [0.29, 0.717) is 18.9 Å². The quantitative estimate of drug-likeness (QED) is 0.418. The second kappa shape index (κ2) is 10.4. The molecule has 3 aromatic rings. The van der Waals surface area contributed by atoms with Crippen molar-refractivity contribution in [3.63, 3.8) is 0 Å². The number of hydrogen-bond donors (Lipinski definition) is 1. The number of hydrogen-bond acceptors (Lipinski definition) is 4. The van der Waals surface area contributed by atoms with Gasteiger partial charge in [-0.2, -0.15) is 0 Å². The Kier molecular flexibility index (Phi) is 7.47. The molecule has 0 amide bonds. The molecule has 3 aromatic carbocycles. The maximum atomic E-state index is 12.5. The van der Waals surface area contributed by atoms with Gasteiger partial charge in [-0.3, -0.25) is 4.79 Å². The van der Waals surface area contributed by atoms with Crippen LogP contribution in [0.15, 0.2) is 59.5 Å². The van der Waals surface area contributed by atoms with E-state index in [1.165, 1.54) is 44.1 Å². The lowest BCUT2D eigenvalue weighted by atomic mass is 9.95. The first-order valence-corrected chi connectivity index (χ1v) is 13.5. The predicted molar refractivity (Wildman–Crippen MR) is 138 cm³/mol. The van der Waals surface area contributed by atoms with Crippen molar-refractivity contribution in [2.75, 3.05) is 20.7 Å². The molecular formula is C28H33NO5S. The Labute approximate surface area is 207 Å². The van der Waals surface area contributed by atoms with Crippen molar-refractivity contribution in [3.05, 3.63) is 60.2 Å². The SMILES string of the molecule is CC(Cc1ccc(OCC2CCCC2)c(-c2ccc3cc(S(=O)(=O)N(C)C)ccc3c2)c1)C(=O)O. The van der Waals surface area contributed by atoms with E-state index in [1.54, 1.807) is 19.1 Å². The van der Waals surface area contributed by atoms with E-state index in [2.05, 4.69) is 0 Å². The summed E-state index contributed by atoms with van der Waals surface area (Å²) in [7, 11) is -0.468. The first kappa shape index (κ1) is 25.2. The number of carboxylic acid groups (broad SMARTS) is 1. The zero-order valence-electron chi connectivity index (χ0n) is 20.5. The van der Waals surface area contributed by atoms with E-state index in [1.807, 2.05) is 42.5 Å². The van der Waals surface area contributed by atoms with E-state index in [4.69, 9.17) is 4.74 Å². The lowest BCUT2D eigenvalue weighted by Gasteiger charge is -2.17. The van der Waals surface area contributed by atoms with Gasteiger partial charge in [0.1, 0.15) is 5.75 Å². The fourth-order valence-corrected chi connectivity index (χ4v) is 5.58. The van der Waals surface area contributed by atoms with Gasteiger partial charge in [-0.1, -0.05) is 44.0 Å². The average molecular weight is 496 g/mol. The number of benzene rings is 3. The molecule has 0 heterocycles. The summed E-state index contributed by atoms with van der Waals surface area (Å²) in [5.74, 6) is 0.0575. The van der Waals surface area contributed by atoms with Crippen LogP contribution in [-0.4, -0.2) is 44.5 Å². The van der Waals surface area contributed by atoms with Gasteiger partial charge in [-0.25, -0.2) is 12.7 Å². The molecule has 186 valence electrons. The van der Waals surface area contributed by atoms with Gasteiger partial charge in [0.15, 0.2) is 0 Å². The molecule has 0 bridgehead atoms. The maximum absolute atomic E-state index is 12.5. The number of carboxylic acids is 1. The monoisotopic (exact) mass is 495 g/mol. The number of carbonyl (C=O) groups is 1. The van der Waals surface area contributed by atoms with Gasteiger partial charge in [0, 0.05) is 19.7 Å². The normalized spacial score (nSPS) is 15.5. The molecule has 0 aliphatic heterocycles. The van der Waals surface area contributed by atoms with E-state index >= 15 is 0 Å². The predicted octanol–water partition coefficient (Wildman–Crippen LogP) is 5.59. The van der Waals surface area contributed by atoms with Crippen LogP contribution < -0.4 is 4.74 Å². The smallest absolute Gasteiger partial charge is 0.306 e. The molecule has 0 spiro atoms. The number of sulfonamides is 1. The van der Waals surface area contributed by atoms with Crippen LogP contribution in [0.1, 0.15) is 38.2 Å². The number of ether oxygens (including phenoxy) is 1. The third kappa shape index (κ3) is 5.68. The second-order valence-corrected chi connectivity index (χ2v) is 11.9. The van der Waals surface area contributed by atoms with Crippen molar-refractivity contribution in [2.24, 2.45) is 11.8 Å². The first-order chi connectivity index (χ1) is 16.6. The minimum atomic E-state index is -3.51. The molecule has 4 rings (SSSR count). The first-order valence-electron chi connectivity index (χ1n) is 12.1. The third-order valence-electron chi connectivity index (χ3n) is 6.86. The highest BCUT2D eigenvalue weighted by atomic mass is 32.2. The van der Waals surface area contributed by atoms with Crippen molar-refractivity contribution < 1.29 is 23.1 Å². The number of aliphatic carboxylic acids is 1. The minimum Gasteiger partial charge on any atom is -0.493 e. The summed E-state index contributed by atoms with van der Waals surface area (Å²) in [6.45, 7) is 2.39. The Morgan fingerprint density at radius 3 is 2.40 bits per heavy atom. The topological polar surface area (TPSA) is 83.9 Å². The molecule has 1 fully saturated rings. The minimum absolute atomic E-state index is 0.257. The zero-order valence-corrected chi connectivity index (χ0v) is 21.3. The van der Waals surface area contributed by atoms with Gasteiger partial charge >= 0.3 is 5.97 Å². The van der Waals surface area contributed by atoms with E-state index in [0.717, 1.165) is 33.2 Å². The molecule has 7 heteroatoms. The van der Waals surface area contributed by atoms with Crippen LogP contribution in [0.2, 0.25) is 0 Å². The van der Waals surface area contributed by atoms with Crippen molar-refractivity contribution >= 4 is 26.8 Å². The van der Waals surface area contributed by atoms with Crippen molar-refractivity contribution in [1.82, 2.24) is 4.31 Å². The number of nitrogens with zero attached hydrogens (tertiary/aromatic N) is 1. The van der Waals surface area contributed by atoms with E-state index in [9.17, 15) is 18.3 Å². The van der Waals surface area contributed by atoms with Crippen LogP contribution in [-0.2, 0) is 21.2 Å². The Morgan fingerprint density at radius 2 is 1.71 bits per heavy atom. The molecule has 6 nitrogen and oxygen atoms in total. The molecule has 1 aliphatic carbocycles. The molecule has 0 saturated heterocycles. The van der Waals surface area contributed by atoms with Gasteiger partial charge in [-0.05, 0) is 77.4 Å². The molecule has 35 heavy (non-hydrogen) atoms. The summed E-state index contributed by atoms with van der Waals surface area (Å²) >= 11 is 0. The third-order valence-corrected chi connectivity index (χ3v) is 8.67. The van der Waals surface area contributed by atoms with Gasteiger partial charge in [0.05, 0.1) is 17.4 Å². The van der Waals surface area contributed by atoms with Gasteiger partial charge in [0.25, 0.3) is 0 Å². The standard InChI is InChI=1S/C28H33NO5S/c1-19(28(30)31)14-21-8-13-27(34-18-20-6-4-5-7-20)26(15-21)24-10-9-23-17-25(12-11-22(23)16-24)35(32,33)29(2)3/h8-13,15-17,19-20H,4-7,14,18H2,1-3H3,(H,30,31). The van der Waals surface area contributed by atoms with Crippen LogP contribution in [0.5, 0.6) is 5.75 Å². The van der Waals surface area contributed by atoms with Crippen molar-refractivity contribution in [2.45, 2.75) is 43.9 Å². The van der Waals surface area contributed by atoms with E-state index < -0.39 is 21.9 Å². The Balaban J connectivity index is 1.71. The summed E-state index contributed by atoms with van der Waals surface area (Å²) in [6, 6.07) is 17.0. The highest BCUT2D eigenvalue weighted by molar-refractivity contribution is 7.89. The molecule has 0 radical (unpaired) electrons. The number of rotatable bonds is 9. The molecular weight excluding hydrogens is 462 g/mol. The van der Waals surface area contributed by atoms with Crippen molar-refractivity contribution in [1.29, 1.82) is 0 Å². The lowest BCUT2D eigenvalue weighted by Crippen LogP contribution is -2.22. The average Bonchev–Trinajstić information content (AvgIpc) is 3.36. The van der Waals surface area contributed by atoms with Gasteiger partial charge in [-0.15, -0.1) is 0 Å². The summed E-state index contributed by atoms with van der Waals surface area (Å²) in [5.41, 5.74) is 2.81. The summed E-state index contributed by atoms with van der Waals surface area (Å²) in [4.78, 5) is 11.6. The fourth-order valence-electron chi connectivity index (χ4n) is 4.64. The number of fused-ring (bicyclic) bond motifs is 1. The molecule has 0 aromatic heterocycles.